The Hall–Kier alpha value is -2.69. The van der Waals surface area contributed by atoms with Crippen LogP contribution in [0, 0.1) is 5.92 Å². The summed E-state index contributed by atoms with van der Waals surface area (Å²) in [6.07, 6.45) is 8.10. The molecule has 22 heavy (non-hydrogen) atoms. The quantitative estimate of drug-likeness (QED) is 0.634. The molecule has 0 aromatic heterocycles. The largest absolute Gasteiger partial charge is 0.458 e. The van der Waals surface area contributed by atoms with Crippen LogP contribution < -0.4 is 9.47 Å². The summed E-state index contributed by atoms with van der Waals surface area (Å²) in [6, 6.07) is 5.20. The van der Waals surface area contributed by atoms with Crippen LogP contribution in [-0.4, -0.2) is 19.4 Å². The van der Waals surface area contributed by atoms with Gasteiger partial charge in [-0.1, -0.05) is 12.2 Å². The van der Waals surface area contributed by atoms with Gasteiger partial charge in [-0.15, -0.1) is 0 Å². The highest BCUT2D eigenvalue weighted by molar-refractivity contribution is 6.05. The summed E-state index contributed by atoms with van der Waals surface area (Å²) in [4.78, 5) is 12.2. The zero-order chi connectivity index (χ0) is 14.9. The molecule has 0 spiro atoms. The maximum atomic E-state index is 12.2. The van der Waals surface area contributed by atoms with E-state index < -0.39 is 0 Å². The first-order valence-corrected chi connectivity index (χ1v) is 7.09. The van der Waals surface area contributed by atoms with Crippen LogP contribution in [0.1, 0.15) is 16.8 Å². The smallest absolute Gasteiger partial charge is 0.231 e. The van der Waals surface area contributed by atoms with Crippen molar-refractivity contribution >= 4 is 5.78 Å². The molecule has 5 nitrogen and oxygen atoms in total. The Morgan fingerprint density at radius 3 is 2.91 bits per heavy atom. The minimum Gasteiger partial charge on any atom is -0.458 e. The lowest BCUT2D eigenvalue weighted by Gasteiger charge is -2.12. The van der Waals surface area contributed by atoms with E-state index in [1.807, 2.05) is 18.2 Å². The van der Waals surface area contributed by atoms with Crippen molar-refractivity contribution in [1.29, 1.82) is 0 Å². The topological polar surface area (TPSA) is 54.0 Å². The lowest BCUT2D eigenvalue weighted by Crippen LogP contribution is -2.02. The van der Waals surface area contributed by atoms with Crippen LogP contribution in [0.3, 0.4) is 0 Å². The van der Waals surface area contributed by atoms with Gasteiger partial charge in [0.1, 0.15) is 5.76 Å². The molecule has 2 aliphatic heterocycles. The summed E-state index contributed by atoms with van der Waals surface area (Å²) in [7, 11) is 0. The predicted molar refractivity (Wildman–Crippen MR) is 77.3 cm³/mol. The molecule has 1 aliphatic carbocycles. The molecule has 0 fully saturated rings. The minimum absolute atomic E-state index is 0.0601. The Balaban J connectivity index is 1.45. The van der Waals surface area contributed by atoms with Gasteiger partial charge in [0.25, 0.3) is 0 Å². The fourth-order valence-electron chi connectivity index (χ4n) is 2.60. The fourth-order valence-corrected chi connectivity index (χ4v) is 2.60. The lowest BCUT2D eigenvalue weighted by atomic mass is 9.97. The van der Waals surface area contributed by atoms with Gasteiger partial charge in [0.05, 0.1) is 0 Å². The maximum Gasteiger partial charge on any atom is 0.231 e. The number of ether oxygens (including phenoxy) is 4. The maximum absolute atomic E-state index is 12.2. The fraction of sp³-hybridized carbons (Fsp3) is 0.235. The molecule has 0 amide bonds. The Bertz CT molecular complexity index is 714. The number of rotatable bonds is 3. The standard InChI is InChI=1S/C17H14O5/c18-13(12-3-6-15-17(8-12)22-10-20-15)4-1-11-2-5-14-16(7-11)21-9-19-14/h1-6,8,11H,7,9-10H2. The highest BCUT2D eigenvalue weighted by Gasteiger charge is 2.22. The van der Waals surface area contributed by atoms with E-state index in [1.54, 1.807) is 24.3 Å². The number of carbonyl (C=O) groups is 1. The summed E-state index contributed by atoms with van der Waals surface area (Å²) < 4.78 is 21.2. The molecule has 1 aromatic carbocycles. The lowest BCUT2D eigenvalue weighted by molar-refractivity contribution is 0.0722. The van der Waals surface area contributed by atoms with Gasteiger partial charge in [0, 0.05) is 17.9 Å². The van der Waals surface area contributed by atoms with Crippen molar-refractivity contribution in [2.24, 2.45) is 5.92 Å². The summed E-state index contributed by atoms with van der Waals surface area (Å²) in [6.45, 7) is 0.483. The van der Waals surface area contributed by atoms with Gasteiger partial charge in [0.2, 0.25) is 13.6 Å². The molecule has 0 saturated carbocycles. The zero-order valence-corrected chi connectivity index (χ0v) is 11.8. The summed E-state index contributed by atoms with van der Waals surface area (Å²) in [5.41, 5.74) is 0.584. The second-order valence-corrected chi connectivity index (χ2v) is 5.21. The van der Waals surface area contributed by atoms with Crippen LogP contribution in [0.25, 0.3) is 0 Å². The first kappa shape index (κ1) is 13.0. The third kappa shape index (κ3) is 2.35. The molecule has 112 valence electrons. The van der Waals surface area contributed by atoms with E-state index in [4.69, 9.17) is 18.9 Å². The number of carbonyl (C=O) groups excluding carboxylic acids is 1. The number of fused-ring (bicyclic) bond motifs is 1. The van der Waals surface area contributed by atoms with Crippen LogP contribution in [0.2, 0.25) is 0 Å². The number of benzene rings is 1. The van der Waals surface area contributed by atoms with E-state index in [1.165, 1.54) is 0 Å². The summed E-state index contributed by atoms with van der Waals surface area (Å²) in [5, 5.41) is 0. The molecule has 0 saturated heterocycles. The second-order valence-electron chi connectivity index (χ2n) is 5.21. The molecule has 1 atom stereocenters. The number of ketones is 1. The molecule has 3 aliphatic rings. The molecule has 0 bridgehead atoms. The number of hydrogen-bond acceptors (Lipinski definition) is 5. The second kappa shape index (κ2) is 5.26. The number of hydrogen-bond donors (Lipinski definition) is 0. The Kier molecular flexibility index (Phi) is 3.11. The van der Waals surface area contributed by atoms with E-state index in [2.05, 4.69) is 0 Å². The van der Waals surface area contributed by atoms with Crippen LogP contribution in [0.15, 0.2) is 54.0 Å². The van der Waals surface area contributed by atoms with Gasteiger partial charge in [-0.2, -0.15) is 0 Å². The van der Waals surface area contributed by atoms with Gasteiger partial charge in [0.15, 0.2) is 23.0 Å². The van der Waals surface area contributed by atoms with Crippen molar-refractivity contribution in [2.45, 2.75) is 6.42 Å². The van der Waals surface area contributed by atoms with Gasteiger partial charge in [-0.3, -0.25) is 4.79 Å². The van der Waals surface area contributed by atoms with Crippen molar-refractivity contribution < 1.29 is 23.7 Å². The van der Waals surface area contributed by atoms with Crippen molar-refractivity contribution in [2.75, 3.05) is 13.6 Å². The van der Waals surface area contributed by atoms with Crippen LogP contribution in [-0.2, 0) is 9.47 Å². The predicted octanol–water partition coefficient (Wildman–Crippen LogP) is 2.95. The van der Waals surface area contributed by atoms with Crippen molar-refractivity contribution in [1.82, 2.24) is 0 Å². The number of allylic oxidation sites excluding steroid dienone is 5. The van der Waals surface area contributed by atoms with Gasteiger partial charge >= 0.3 is 0 Å². The van der Waals surface area contributed by atoms with Crippen LogP contribution in [0.5, 0.6) is 11.5 Å². The molecule has 1 aromatic rings. The summed E-state index contributed by atoms with van der Waals surface area (Å²) in [5.74, 6) is 3.02. The Labute approximate surface area is 127 Å². The molecule has 1 unspecified atom stereocenters. The molecule has 0 radical (unpaired) electrons. The molecular formula is C17H14O5. The van der Waals surface area contributed by atoms with Crippen LogP contribution in [0.4, 0.5) is 0 Å². The van der Waals surface area contributed by atoms with Gasteiger partial charge < -0.3 is 18.9 Å². The van der Waals surface area contributed by atoms with Gasteiger partial charge in [-0.05, 0) is 30.4 Å². The normalized spacial score (nSPS) is 21.7. The van der Waals surface area contributed by atoms with E-state index in [0.717, 1.165) is 17.9 Å². The molecule has 4 rings (SSSR count). The highest BCUT2D eigenvalue weighted by atomic mass is 16.7. The van der Waals surface area contributed by atoms with E-state index in [9.17, 15) is 4.79 Å². The average molecular weight is 298 g/mol. The SMILES string of the molecule is O=C(C=CC1C=CC2=C(C1)OCO2)c1ccc2c(c1)OCO2. The third-order valence-corrected chi connectivity index (χ3v) is 3.79. The third-order valence-electron chi connectivity index (χ3n) is 3.79. The Morgan fingerprint density at radius 1 is 1.09 bits per heavy atom. The van der Waals surface area contributed by atoms with E-state index in [0.29, 0.717) is 17.1 Å². The molecule has 0 N–H and O–H groups in total. The van der Waals surface area contributed by atoms with E-state index >= 15 is 0 Å². The van der Waals surface area contributed by atoms with Crippen molar-refractivity contribution in [3.05, 3.63) is 59.6 Å². The van der Waals surface area contributed by atoms with E-state index in [-0.39, 0.29) is 25.3 Å². The zero-order valence-electron chi connectivity index (χ0n) is 11.8. The molecular weight excluding hydrogens is 284 g/mol. The Morgan fingerprint density at radius 2 is 1.95 bits per heavy atom. The highest BCUT2D eigenvalue weighted by Crippen LogP contribution is 2.33. The van der Waals surface area contributed by atoms with Gasteiger partial charge in [-0.25, -0.2) is 0 Å². The monoisotopic (exact) mass is 298 g/mol. The minimum atomic E-state index is -0.0601. The van der Waals surface area contributed by atoms with Crippen LogP contribution >= 0.6 is 0 Å². The average Bonchev–Trinajstić information content (AvgIpc) is 3.19. The first-order valence-electron chi connectivity index (χ1n) is 7.09. The molecule has 5 heteroatoms. The van der Waals surface area contributed by atoms with Crippen molar-refractivity contribution in [3.8, 4) is 11.5 Å². The van der Waals surface area contributed by atoms with Crippen molar-refractivity contribution in [3.63, 3.8) is 0 Å². The first-order chi connectivity index (χ1) is 10.8. The summed E-state index contributed by atoms with van der Waals surface area (Å²) >= 11 is 0. The molecule has 2 heterocycles.